The Hall–Kier alpha value is -1.29. The smallest absolute Gasteiger partial charge is 0.312 e. The van der Waals surface area contributed by atoms with Crippen LogP contribution in [0.25, 0.3) is 0 Å². The number of benzene rings is 1. The van der Waals surface area contributed by atoms with Gasteiger partial charge in [0.25, 0.3) is 0 Å². The van der Waals surface area contributed by atoms with Gasteiger partial charge in [0.15, 0.2) is 0 Å². The van der Waals surface area contributed by atoms with Crippen molar-refractivity contribution in [1.29, 1.82) is 0 Å². The molecule has 8 heteroatoms. The number of pyridine rings is 1. The zero-order valence-electron chi connectivity index (χ0n) is 9.14. The summed E-state index contributed by atoms with van der Waals surface area (Å²) in [4.78, 5) is 14.2. The predicted molar refractivity (Wildman–Crippen MR) is 77.8 cm³/mol. The summed E-state index contributed by atoms with van der Waals surface area (Å²) in [6, 6.07) is 3.68. The maximum absolute atomic E-state index is 13.5. The van der Waals surface area contributed by atoms with Gasteiger partial charge in [0.1, 0.15) is 11.6 Å². The van der Waals surface area contributed by atoms with Gasteiger partial charge in [0, 0.05) is 22.8 Å². The normalized spacial score (nSPS) is 10.3. The fraction of sp³-hybridized carbons (Fsp3) is 0. The van der Waals surface area contributed by atoms with Crippen LogP contribution < -0.4 is 4.74 Å². The number of ether oxygens (including phenoxy) is 1. The van der Waals surface area contributed by atoms with E-state index in [4.69, 9.17) is 4.74 Å². The third kappa shape index (κ3) is 3.38. The highest BCUT2D eigenvalue weighted by Crippen LogP contribution is 2.34. The van der Waals surface area contributed by atoms with E-state index in [-0.39, 0.29) is 20.8 Å². The van der Waals surface area contributed by atoms with Crippen LogP contribution in [0.3, 0.4) is 0 Å². The summed E-state index contributed by atoms with van der Waals surface area (Å²) >= 11 is 4.88. The number of hydrogen-bond acceptors (Lipinski definition) is 4. The van der Waals surface area contributed by atoms with E-state index in [0.717, 1.165) is 12.1 Å². The van der Waals surface area contributed by atoms with Crippen LogP contribution in [0.5, 0.6) is 11.5 Å². The lowest BCUT2D eigenvalue weighted by atomic mass is 10.3. The topological polar surface area (TPSA) is 65.3 Å². The van der Waals surface area contributed by atoms with Gasteiger partial charge in [-0.3, -0.25) is 15.1 Å². The Balaban J connectivity index is 2.44. The van der Waals surface area contributed by atoms with Crippen molar-refractivity contribution in [3.8, 4) is 11.5 Å². The molecule has 0 bridgehead atoms. The first-order chi connectivity index (χ1) is 8.97. The molecule has 0 fully saturated rings. The Kier molecular flexibility index (Phi) is 4.30. The number of rotatable bonds is 3. The van der Waals surface area contributed by atoms with Crippen molar-refractivity contribution in [1.82, 2.24) is 4.98 Å². The molecular formula is C11H5BrFIN2O3. The Bertz CT molecular complexity index is 654. The Morgan fingerprint density at radius 3 is 2.74 bits per heavy atom. The molecule has 0 aliphatic carbocycles. The molecule has 2 aromatic rings. The van der Waals surface area contributed by atoms with Crippen LogP contribution in [0.2, 0.25) is 0 Å². The number of nitrogens with zero attached hydrogens (tertiary/aromatic N) is 2. The molecule has 1 heterocycles. The van der Waals surface area contributed by atoms with Gasteiger partial charge in [-0.25, -0.2) is 4.39 Å². The van der Waals surface area contributed by atoms with Crippen LogP contribution in [-0.2, 0) is 0 Å². The molecule has 5 nitrogen and oxygen atoms in total. The summed E-state index contributed by atoms with van der Waals surface area (Å²) < 4.78 is 19.6. The van der Waals surface area contributed by atoms with Gasteiger partial charge in [-0.2, -0.15) is 0 Å². The summed E-state index contributed by atoms with van der Waals surface area (Å²) in [6.07, 6.45) is 2.92. The quantitative estimate of drug-likeness (QED) is 0.407. The van der Waals surface area contributed by atoms with E-state index in [0.29, 0.717) is 4.47 Å². The standard InChI is InChI=1S/C11H5BrFIN2O3/c12-6-1-7(5-15-4-6)19-11-2-8(13)9(14)3-10(11)16(17)18/h1-5H. The maximum Gasteiger partial charge on any atom is 0.312 e. The van der Waals surface area contributed by atoms with Crippen molar-refractivity contribution < 1.29 is 14.1 Å². The summed E-state index contributed by atoms with van der Waals surface area (Å²) in [5, 5.41) is 10.9. The number of hydrogen-bond donors (Lipinski definition) is 0. The largest absolute Gasteiger partial charge is 0.448 e. The third-order valence-corrected chi connectivity index (χ3v) is 3.37. The van der Waals surface area contributed by atoms with Crippen molar-refractivity contribution in [3.05, 3.63) is 54.6 Å². The molecule has 0 unspecified atom stereocenters. The molecule has 98 valence electrons. The van der Waals surface area contributed by atoms with Gasteiger partial charge in [0.05, 0.1) is 14.7 Å². The molecule has 19 heavy (non-hydrogen) atoms. The molecule has 0 saturated heterocycles. The SMILES string of the molecule is O=[N+]([O-])c1cc(I)c(F)cc1Oc1cncc(Br)c1. The maximum atomic E-state index is 13.5. The Labute approximate surface area is 129 Å². The molecule has 0 N–H and O–H groups in total. The molecule has 0 atom stereocenters. The van der Waals surface area contributed by atoms with Gasteiger partial charge in [0.2, 0.25) is 5.75 Å². The van der Waals surface area contributed by atoms with Crippen LogP contribution >= 0.6 is 38.5 Å². The van der Waals surface area contributed by atoms with E-state index in [1.807, 2.05) is 0 Å². The summed E-state index contributed by atoms with van der Waals surface area (Å²) in [5.74, 6) is -0.468. The van der Waals surface area contributed by atoms with Crippen molar-refractivity contribution in [2.75, 3.05) is 0 Å². The molecular weight excluding hydrogens is 434 g/mol. The second-order valence-corrected chi connectivity index (χ2v) is 5.51. The van der Waals surface area contributed by atoms with Gasteiger partial charge < -0.3 is 4.74 Å². The average molecular weight is 439 g/mol. The molecule has 1 aromatic heterocycles. The van der Waals surface area contributed by atoms with Gasteiger partial charge in [-0.1, -0.05) is 0 Å². The molecule has 0 amide bonds. The number of nitro groups is 1. The zero-order valence-corrected chi connectivity index (χ0v) is 12.9. The minimum atomic E-state index is -0.623. The molecule has 0 saturated carbocycles. The van der Waals surface area contributed by atoms with Crippen LogP contribution in [-0.4, -0.2) is 9.91 Å². The minimum absolute atomic E-state index is 0.156. The first-order valence-corrected chi connectivity index (χ1v) is 6.76. The second-order valence-electron chi connectivity index (χ2n) is 3.43. The lowest BCUT2D eigenvalue weighted by molar-refractivity contribution is -0.385. The van der Waals surface area contributed by atoms with Crippen molar-refractivity contribution in [3.63, 3.8) is 0 Å². The van der Waals surface area contributed by atoms with Gasteiger partial charge in [-0.05, 0) is 44.6 Å². The van der Waals surface area contributed by atoms with E-state index in [1.54, 1.807) is 28.7 Å². The highest BCUT2D eigenvalue weighted by Gasteiger charge is 2.19. The van der Waals surface area contributed by atoms with Crippen molar-refractivity contribution in [2.24, 2.45) is 0 Å². The Morgan fingerprint density at radius 2 is 2.11 bits per heavy atom. The van der Waals surface area contributed by atoms with E-state index in [2.05, 4.69) is 20.9 Å². The molecule has 0 spiro atoms. The monoisotopic (exact) mass is 438 g/mol. The second kappa shape index (κ2) is 5.78. The van der Waals surface area contributed by atoms with Crippen LogP contribution in [0.15, 0.2) is 35.1 Å². The first kappa shape index (κ1) is 14.1. The molecule has 2 rings (SSSR count). The Morgan fingerprint density at radius 1 is 1.37 bits per heavy atom. The molecule has 0 aliphatic heterocycles. The van der Waals surface area contributed by atoms with E-state index < -0.39 is 10.7 Å². The van der Waals surface area contributed by atoms with Crippen molar-refractivity contribution >= 4 is 44.2 Å². The molecule has 0 radical (unpaired) electrons. The van der Waals surface area contributed by atoms with Crippen LogP contribution in [0, 0.1) is 19.5 Å². The number of aromatic nitrogens is 1. The van der Waals surface area contributed by atoms with Gasteiger partial charge in [-0.15, -0.1) is 0 Å². The lowest BCUT2D eigenvalue weighted by Gasteiger charge is -2.07. The van der Waals surface area contributed by atoms with Crippen LogP contribution in [0.1, 0.15) is 0 Å². The molecule has 1 aromatic carbocycles. The molecule has 0 aliphatic rings. The minimum Gasteiger partial charge on any atom is -0.448 e. The van der Waals surface area contributed by atoms with Crippen molar-refractivity contribution in [2.45, 2.75) is 0 Å². The first-order valence-electron chi connectivity index (χ1n) is 4.89. The highest BCUT2D eigenvalue weighted by atomic mass is 127. The predicted octanol–water partition coefficient (Wildman–Crippen LogP) is 4.29. The highest BCUT2D eigenvalue weighted by molar-refractivity contribution is 14.1. The lowest BCUT2D eigenvalue weighted by Crippen LogP contribution is -1.96. The average Bonchev–Trinajstić information content (AvgIpc) is 2.33. The van der Waals surface area contributed by atoms with Crippen LogP contribution in [0.4, 0.5) is 10.1 Å². The number of nitro benzene ring substituents is 1. The summed E-state index contributed by atoms with van der Waals surface area (Å²) in [7, 11) is 0. The van der Waals surface area contributed by atoms with Gasteiger partial charge >= 0.3 is 5.69 Å². The fourth-order valence-electron chi connectivity index (χ4n) is 1.32. The van der Waals surface area contributed by atoms with E-state index in [1.165, 1.54) is 12.4 Å². The number of halogens is 3. The zero-order chi connectivity index (χ0) is 14.0. The fourth-order valence-corrected chi connectivity index (χ4v) is 2.11. The van der Waals surface area contributed by atoms with E-state index >= 15 is 0 Å². The third-order valence-electron chi connectivity index (χ3n) is 2.11. The van der Waals surface area contributed by atoms with E-state index in [9.17, 15) is 14.5 Å². The summed E-state index contributed by atoms with van der Waals surface area (Å²) in [5.41, 5.74) is -0.300. The summed E-state index contributed by atoms with van der Waals surface area (Å²) in [6.45, 7) is 0.